The molecular weight excluding hydrogens is 221 g/mol. The molecule has 0 aromatic rings. The summed E-state index contributed by atoms with van der Waals surface area (Å²) in [5, 5.41) is 0. The van der Waals surface area contributed by atoms with Crippen LogP contribution in [0.1, 0.15) is 12.8 Å². The number of hydrogen-bond donors (Lipinski definition) is 0. The summed E-state index contributed by atoms with van der Waals surface area (Å²) in [6.07, 6.45) is -2.97. The number of hydrogen-bond acceptors (Lipinski definition) is 2. The lowest BCUT2D eigenvalue weighted by atomic mass is 10.3. The van der Waals surface area contributed by atoms with Crippen LogP contribution in [-0.4, -0.2) is 38.5 Å². The highest BCUT2D eigenvalue weighted by Crippen LogP contribution is 2.14. The fourth-order valence-corrected chi connectivity index (χ4v) is 0.862. The van der Waals surface area contributed by atoms with Crippen LogP contribution in [0.15, 0.2) is 0 Å². The third-order valence-electron chi connectivity index (χ3n) is 1.31. The largest absolute Gasteiger partial charge is 0.411 e. The van der Waals surface area contributed by atoms with Gasteiger partial charge in [-0.3, -0.25) is 0 Å². The van der Waals surface area contributed by atoms with E-state index in [0.29, 0.717) is 31.9 Å². The molecule has 2 nitrogen and oxygen atoms in total. The first-order valence-electron chi connectivity index (χ1n) is 4.34. The smallest absolute Gasteiger partial charge is 0.380 e. The molecular formula is C8H14ClF3O2. The number of alkyl halides is 4. The van der Waals surface area contributed by atoms with Gasteiger partial charge in [0, 0.05) is 19.1 Å². The van der Waals surface area contributed by atoms with Crippen molar-refractivity contribution in [2.45, 2.75) is 19.0 Å². The molecule has 0 atom stereocenters. The Morgan fingerprint density at radius 3 is 2.00 bits per heavy atom. The van der Waals surface area contributed by atoms with Crippen LogP contribution >= 0.6 is 11.6 Å². The van der Waals surface area contributed by atoms with Gasteiger partial charge < -0.3 is 9.47 Å². The summed E-state index contributed by atoms with van der Waals surface area (Å²) in [6, 6.07) is 0. The molecule has 0 fully saturated rings. The van der Waals surface area contributed by atoms with E-state index >= 15 is 0 Å². The summed E-state index contributed by atoms with van der Waals surface area (Å²) in [4.78, 5) is 0. The van der Waals surface area contributed by atoms with E-state index in [1.54, 1.807) is 0 Å². The minimum atomic E-state index is -4.23. The van der Waals surface area contributed by atoms with Gasteiger partial charge in [0.2, 0.25) is 0 Å². The molecule has 0 unspecified atom stereocenters. The van der Waals surface area contributed by atoms with Crippen molar-refractivity contribution in [3.05, 3.63) is 0 Å². The lowest BCUT2D eigenvalue weighted by Crippen LogP contribution is -2.17. The van der Waals surface area contributed by atoms with Crippen molar-refractivity contribution in [2.75, 3.05) is 32.3 Å². The van der Waals surface area contributed by atoms with E-state index in [2.05, 4.69) is 4.74 Å². The number of unbranched alkanes of at least 4 members (excludes halogenated alkanes) is 1. The van der Waals surface area contributed by atoms with Crippen LogP contribution in [-0.2, 0) is 9.47 Å². The Labute approximate surface area is 86.3 Å². The van der Waals surface area contributed by atoms with Gasteiger partial charge in [-0.15, -0.1) is 11.6 Å². The third kappa shape index (κ3) is 12.0. The van der Waals surface area contributed by atoms with E-state index in [4.69, 9.17) is 16.3 Å². The Morgan fingerprint density at radius 2 is 1.50 bits per heavy atom. The van der Waals surface area contributed by atoms with Crippen molar-refractivity contribution >= 4 is 11.6 Å². The highest BCUT2D eigenvalue weighted by atomic mass is 35.5. The average Bonchev–Trinajstić information content (AvgIpc) is 2.08. The molecule has 14 heavy (non-hydrogen) atoms. The molecule has 0 aliphatic heterocycles. The molecule has 0 aliphatic carbocycles. The third-order valence-corrected chi connectivity index (χ3v) is 1.47. The molecule has 0 aromatic heterocycles. The SMILES string of the molecule is FC(F)(F)COCCCCOCCCl. The van der Waals surface area contributed by atoms with E-state index in [-0.39, 0.29) is 6.61 Å². The maximum atomic E-state index is 11.6. The monoisotopic (exact) mass is 234 g/mol. The van der Waals surface area contributed by atoms with Crippen LogP contribution in [0.5, 0.6) is 0 Å². The summed E-state index contributed by atoms with van der Waals surface area (Å²) >= 11 is 5.34. The molecule has 0 radical (unpaired) electrons. The van der Waals surface area contributed by atoms with Crippen LogP contribution in [0.25, 0.3) is 0 Å². The Bertz CT molecular complexity index is 130. The second kappa shape index (κ2) is 8.32. The molecule has 0 saturated carbocycles. The zero-order valence-electron chi connectivity index (χ0n) is 7.78. The quantitative estimate of drug-likeness (QED) is 0.475. The molecule has 0 aliphatic rings. The minimum Gasteiger partial charge on any atom is -0.380 e. The maximum absolute atomic E-state index is 11.6. The zero-order chi connectivity index (χ0) is 10.9. The zero-order valence-corrected chi connectivity index (χ0v) is 8.53. The fraction of sp³-hybridized carbons (Fsp3) is 1.00. The first kappa shape index (κ1) is 14.0. The first-order valence-corrected chi connectivity index (χ1v) is 4.88. The molecule has 0 bridgehead atoms. The Morgan fingerprint density at radius 1 is 0.929 bits per heavy atom. The molecule has 0 spiro atoms. The van der Waals surface area contributed by atoms with Crippen molar-refractivity contribution in [3.63, 3.8) is 0 Å². The lowest BCUT2D eigenvalue weighted by Gasteiger charge is -2.07. The van der Waals surface area contributed by atoms with Gasteiger partial charge in [0.05, 0.1) is 6.61 Å². The Kier molecular flexibility index (Phi) is 8.32. The summed E-state index contributed by atoms with van der Waals surface area (Å²) in [7, 11) is 0. The van der Waals surface area contributed by atoms with Gasteiger partial charge in [-0.05, 0) is 12.8 Å². The summed E-state index contributed by atoms with van der Waals surface area (Å²) in [5.74, 6) is 0.435. The normalized spacial score (nSPS) is 12.0. The van der Waals surface area contributed by atoms with Gasteiger partial charge in [-0.2, -0.15) is 13.2 Å². The predicted octanol–water partition coefficient (Wildman–Crippen LogP) is 2.60. The van der Waals surface area contributed by atoms with E-state index in [0.717, 1.165) is 0 Å². The van der Waals surface area contributed by atoms with Crippen LogP contribution in [0, 0.1) is 0 Å². The van der Waals surface area contributed by atoms with Crippen LogP contribution in [0.4, 0.5) is 13.2 Å². The molecule has 0 aromatic carbocycles. The fourth-order valence-electron chi connectivity index (χ4n) is 0.753. The number of rotatable bonds is 8. The van der Waals surface area contributed by atoms with E-state index in [1.807, 2.05) is 0 Å². The topological polar surface area (TPSA) is 18.5 Å². The van der Waals surface area contributed by atoms with Crippen LogP contribution < -0.4 is 0 Å². The van der Waals surface area contributed by atoms with E-state index < -0.39 is 12.8 Å². The second-order valence-corrected chi connectivity index (χ2v) is 3.05. The highest BCUT2D eigenvalue weighted by Gasteiger charge is 2.26. The maximum Gasteiger partial charge on any atom is 0.411 e. The van der Waals surface area contributed by atoms with Crippen molar-refractivity contribution in [2.24, 2.45) is 0 Å². The number of halogens is 4. The first-order chi connectivity index (χ1) is 6.56. The van der Waals surface area contributed by atoms with Gasteiger partial charge in [0.1, 0.15) is 6.61 Å². The van der Waals surface area contributed by atoms with Crippen molar-refractivity contribution in [3.8, 4) is 0 Å². The van der Waals surface area contributed by atoms with Gasteiger partial charge >= 0.3 is 6.18 Å². The highest BCUT2D eigenvalue weighted by molar-refractivity contribution is 6.17. The summed E-state index contributed by atoms with van der Waals surface area (Å²) in [5.41, 5.74) is 0. The molecule has 6 heteroatoms. The predicted molar refractivity (Wildman–Crippen MR) is 47.6 cm³/mol. The van der Waals surface area contributed by atoms with Crippen LogP contribution in [0.2, 0.25) is 0 Å². The van der Waals surface area contributed by atoms with Gasteiger partial charge in [-0.25, -0.2) is 0 Å². The summed E-state index contributed by atoms with van der Waals surface area (Å²) in [6.45, 7) is -0.0632. The van der Waals surface area contributed by atoms with E-state index in [9.17, 15) is 13.2 Å². The van der Waals surface area contributed by atoms with Gasteiger partial charge in [0.15, 0.2) is 0 Å². The standard InChI is InChI=1S/C8H14ClF3O2/c9-3-6-13-4-1-2-5-14-7-8(10,11)12/h1-7H2. The van der Waals surface area contributed by atoms with Gasteiger partial charge in [0.25, 0.3) is 0 Å². The van der Waals surface area contributed by atoms with Gasteiger partial charge in [-0.1, -0.05) is 0 Å². The van der Waals surface area contributed by atoms with Crippen LogP contribution in [0.3, 0.4) is 0 Å². The molecule has 0 saturated heterocycles. The minimum absolute atomic E-state index is 0.115. The van der Waals surface area contributed by atoms with Crippen molar-refractivity contribution in [1.29, 1.82) is 0 Å². The van der Waals surface area contributed by atoms with Crippen molar-refractivity contribution in [1.82, 2.24) is 0 Å². The number of ether oxygens (including phenoxy) is 2. The Balaban J connectivity index is 2.99. The molecule has 0 N–H and O–H groups in total. The molecule has 0 amide bonds. The lowest BCUT2D eigenvalue weighted by molar-refractivity contribution is -0.174. The molecule has 86 valence electrons. The average molecular weight is 235 g/mol. The summed E-state index contributed by atoms with van der Waals surface area (Å²) < 4.78 is 44.1. The Hall–Kier alpha value is 0. The molecule has 0 heterocycles. The van der Waals surface area contributed by atoms with E-state index in [1.165, 1.54) is 0 Å². The second-order valence-electron chi connectivity index (χ2n) is 2.68. The van der Waals surface area contributed by atoms with Crippen molar-refractivity contribution < 1.29 is 22.6 Å². The molecule has 0 rings (SSSR count).